The van der Waals surface area contributed by atoms with Gasteiger partial charge in [0.25, 0.3) is 0 Å². The van der Waals surface area contributed by atoms with Crippen molar-refractivity contribution in [1.29, 1.82) is 0 Å². The Kier molecular flexibility index (Phi) is 4.90. The van der Waals surface area contributed by atoms with E-state index in [0.29, 0.717) is 12.0 Å². The molecule has 3 atom stereocenters. The molecule has 1 fully saturated rings. The van der Waals surface area contributed by atoms with E-state index in [2.05, 4.69) is 5.32 Å². The highest BCUT2D eigenvalue weighted by Crippen LogP contribution is 2.32. The van der Waals surface area contributed by atoms with E-state index in [1.165, 1.54) is 6.07 Å². The van der Waals surface area contributed by atoms with Crippen molar-refractivity contribution in [2.45, 2.75) is 37.9 Å². The molecule has 0 spiro atoms. The van der Waals surface area contributed by atoms with Crippen LogP contribution in [0, 0.1) is 11.6 Å². The molecular formula is C15H20F2N2O2. The number of carbonyl (C=O) groups is 1. The smallest absolute Gasteiger partial charge is 0.320 e. The summed E-state index contributed by atoms with van der Waals surface area (Å²) < 4.78 is 26.5. The van der Waals surface area contributed by atoms with Gasteiger partial charge in [-0.2, -0.15) is 0 Å². The minimum absolute atomic E-state index is 0.0964. The summed E-state index contributed by atoms with van der Waals surface area (Å²) in [5.74, 6) is -2.64. The van der Waals surface area contributed by atoms with Crippen molar-refractivity contribution in [3.05, 3.63) is 35.4 Å². The van der Waals surface area contributed by atoms with Crippen molar-refractivity contribution < 1.29 is 18.7 Å². The fourth-order valence-corrected chi connectivity index (χ4v) is 2.93. The Morgan fingerprint density at radius 3 is 2.76 bits per heavy atom. The first-order valence-corrected chi connectivity index (χ1v) is 7.08. The van der Waals surface area contributed by atoms with Crippen LogP contribution in [0.5, 0.6) is 0 Å². The van der Waals surface area contributed by atoms with Crippen molar-refractivity contribution in [1.82, 2.24) is 10.2 Å². The number of hydrogen-bond acceptors (Lipinski definition) is 3. The molecule has 1 aromatic carbocycles. The minimum Gasteiger partial charge on any atom is -0.480 e. The summed E-state index contributed by atoms with van der Waals surface area (Å²) >= 11 is 0. The molecule has 0 amide bonds. The molecule has 2 N–H and O–H groups in total. The zero-order valence-corrected chi connectivity index (χ0v) is 12.1. The molecule has 4 nitrogen and oxygen atoms in total. The number of benzene rings is 1. The molecule has 3 unspecified atom stereocenters. The lowest BCUT2D eigenvalue weighted by Gasteiger charge is -2.28. The highest BCUT2D eigenvalue weighted by Gasteiger charge is 2.35. The molecule has 0 bridgehead atoms. The number of carboxylic acid groups (broad SMARTS) is 1. The Hall–Kier alpha value is -1.53. The zero-order valence-electron chi connectivity index (χ0n) is 12.1. The molecule has 2 rings (SSSR count). The van der Waals surface area contributed by atoms with Crippen LogP contribution in [0.2, 0.25) is 0 Å². The lowest BCUT2D eigenvalue weighted by Crippen LogP contribution is -2.45. The molecule has 0 saturated carbocycles. The fraction of sp³-hybridized carbons (Fsp3) is 0.533. The van der Waals surface area contributed by atoms with Gasteiger partial charge in [-0.1, -0.05) is 13.0 Å². The van der Waals surface area contributed by atoms with E-state index in [9.17, 15) is 13.6 Å². The van der Waals surface area contributed by atoms with Gasteiger partial charge in [-0.3, -0.25) is 15.0 Å². The molecule has 21 heavy (non-hydrogen) atoms. The van der Waals surface area contributed by atoms with Crippen LogP contribution >= 0.6 is 0 Å². The molecule has 116 valence electrons. The number of rotatable bonds is 5. The number of hydrogen-bond donors (Lipinski definition) is 2. The van der Waals surface area contributed by atoms with Crippen molar-refractivity contribution in [2.24, 2.45) is 0 Å². The highest BCUT2D eigenvalue weighted by atomic mass is 19.2. The second kappa shape index (κ2) is 6.49. The maximum atomic E-state index is 13.4. The Labute approximate surface area is 122 Å². The average molecular weight is 298 g/mol. The molecule has 6 heteroatoms. The van der Waals surface area contributed by atoms with Crippen molar-refractivity contribution in [3.8, 4) is 0 Å². The SMILES string of the molecule is CCC(NC1CCN(C)C1c1ccc(F)c(F)c1)C(=O)O. The van der Waals surface area contributed by atoms with Gasteiger partial charge in [-0.25, -0.2) is 8.78 Å². The number of halogens is 2. The fourth-order valence-electron chi connectivity index (χ4n) is 2.93. The maximum Gasteiger partial charge on any atom is 0.320 e. The average Bonchev–Trinajstić information content (AvgIpc) is 2.80. The summed E-state index contributed by atoms with van der Waals surface area (Å²) in [5.41, 5.74) is 0.659. The normalized spacial score (nSPS) is 24.2. The predicted molar refractivity (Wildman–Crippen MR) is 75.0 cm³/mol. The van der Waals surface area contributed by atoms with Crippen LogP contribution in [-0.4, -0.2) is 41.7 Å². The molecular weight excluding hydrogens is 278 g/mol. The van der Waals surface area contributed by atoms with Crippen LogP contribution in [0.4, 0.5) is 8.78 Å². The largest absolute Gasteiger partial charge is 0.480 e. The Morgan fingerprint density at radius 2 is 2.19 bits per heavy atom. The van der Waals surface area contributed by atoms with E-state index in [4.69, 9.17) is 5.11 Å². The predicted octanol–water partition coefficient (Wildman–Crippen LogP) is 2.16. The van der Waals surface area contributed by atoms with E-state index in [1.807, 2.05) is 11.9 Å². The van der Waals surface area contributed by atoms with Gasteiger partial charge in [0, 0.05) is 18.6 Å². The van der Waals surface area contributed by atoms with Crippen LogP contribution < -0.4 is 5.32 Å². The third-order valence-electron chi connectivity index (χ3n) is 4.06. The van der Waals surface area contributed by atoms with Gasteiger partial charge in [-0.15, -0.1) is 0 Å². The first-order chi connectivity index (χ1) is 9.93. The van der Waals surface area contributed by atoms with Gasteiger partial charge in [0.15, 0.2) is 11.6 Å². The van der Waals surface area contributed by atoms with Gasteiger partial charge in [0.2, 0.25) is 0 Å². The van der Waals surface area contributed by atoms with Gasteiger partial charge >= 0.3 is 5.97 Å². The van der Waals surface area contributed by atoms with E-state index in [1.54, 1.807) is 13.0 Å². The molecule has 1 aromatic rings. The van der Waals surface area contributed by atoms with Gasteiger partial charge in [0.1, 0.15) is 6.04 Å². The van der Waals surface area contributed by atoms with E-state index >= 15 is 0 Å². The van der Waals surface area contributed by atoms with Crippen molar-refractivity contribution in [3.63, 3.8) is 0 Å². The highest BCUT2D eigenvalue weighted by molar-refractivity contribution is 5.73. The van der Waals surface area contributed by atoms with Crippen molar-refractivity contribution >= 4 is 5.97 Å². The molecule has 0 aromatic heterocycles. The Morgan fingerprint density at radius 1 is 1.48 bits per heavy atom. The number of carboxylic acids is 1. The first-order valence-electron chi connectivity index (χ1n) is 7.08. The zero-order chi connectivity index (χ0) is 15.6. The number of likely N-dealkylation sites (N-methyl/N-ethyl adjacent to an activating group) is 1. The maximum absolute atomic E-state index is 13.4. The monoisotopic (exact) mass is 298 g/mol. The summed E-state index contributed by atoms with van der Waals surface area (Å²) in [7, 11) is 1.90. The molecule has 1 saturated heterocycles. The van der Waals surface area contributed by atoms with Gasteiger partial charge in [0.05, 0.1) is 0 Å². The quantitative estimate of drug-likeness (QED) is 0.875. The second-order valence-electron chi connectivity index (χ2n) is 5.46. The van der Waals surface area contributed by atoms with Crippen LogP contribution in [0.1, 0.15) is 31.4 Å². The Balaban J connectivity index is 2.22. The number of aliphatic carboxylic acids is 1. The van der Waals surface area contributed by atoms with Crippen molar-refractivity contribution in [2.75, 3.05) is 13.6 Å². The number of nitrogens with zero attached hydrogens (tertiary/aromatic N) is 1. The first kappa shape index (κ1) is 15.9. The molecule has 0 radical (unpaired) electrons. The Bertz CT molecular complexity index is 524. The van der Waals surface area contributed by atoms with E-state index < -0.39 is 23.6 Å². The van der Waals surface area contributed by atoms with Crippen LogP contribution in [-0.2, 0) is 4.79 Å². The van der Waals surface area contributed by atoms with Gasteiger partial charge < -0.3 is 5.11 Å². The molecule has 1 heterocycles. The summed E-state index contributed by atoms with van der Waals surface area (Å²) in [5, 5.41) is 12.3. The number of nitrogens with one attached hydrogen (secondary N) is 1. The van der Waals surface area contributed by atoms with Crippen LogP contribution in [0.15, 0.2) is 18.2 Å². The lowest BCUT2D eigenvalue weighted by molar-refractivity contribution is -0.139. The van der Waals surface area contributed by atoms with Crippen LogP contribution in [0.3, 0.4) is 0 Å². The van der Waals surface area contributed by atoms with Crippen LogP contribution in [0.25, 0.3) is 0 Å². The summed E-state index contributed by atoms with van der Waals surface area (Å²) in [6.45, 7) is 2.58. The third-order valence-corrected chi connectivity index (χ3v) is 4.06. The van der Waals surface area contributed by atoms with E-state index in [0.717, 1.165) is 19.0 Å². The molecule has 0 aliphatic carbocycles. The standard InChI is InChI=1S/C15H20F2N2O2/c1-3-12(15(20)21)18-13-6-7-19(2)14(13)9-4-5-10(16)11(17)8-9/h4-5,8,12-14,18H,3,6-7H2,1-2H3,(H,20,21). The minimum atomic E-state index is -0.893. The van der Waals surface area contributed by atoms with Gasteiger partial charge in [-0.05, 0) is 37.6 Å². The second-order valence-corrected chi connectivity index (χ2v) is 5.46. The molecule has 1 aliphatic heterocycles. The summed E-state index contributed by atoms with van der Waals surface area (Å²) in [4.78, 5) is 13.2. The number of likely N-dealkylation sites (tertiary alicyclic amines) is 1. The van der Waals surface area contributed by atoms with E-state index in [-0.39, 0.29) is 12.1 Å². The third kappa shape index (κ3) is 3.39. The lowest BCUT2D eigenvalue weighted by atomic mass is 9.98. The topological polar surface area (TPSA) is 52.6 Å². The molecule has 1 aliphatic rings. The summed E-state index contributed by atoms with van der Waals surface area (Å²) in [6, 6.07) is 2.98. The summed E-state index contributed by atoms with van der Waals surface area (Å²) in [6.07, 6.45) is 1.24.